The van der Waals surface area contributed by atoms with E-state index in [0.717, 1.165) is 17.1 Å². The second-order valence-electron chi connectivity index (χ2n) is 5.94. The summed E-state index contributed by atoms with van der Waals surface area (Å²) in [6.07, 6.45) is 0. The van der Waals surface area contributed by atoms with Crippen LogP contribution < -0.4 is 10.6 Å². The molecule has 0 fully saturated rings. The number of hydrogen-bond acceptors (Lipinski definition) is 2. The molecule has 5 nitrogen and oxygen atoms in total. The molecule has 0 aromatic heterocycles. The van der Waals surface area contributed by atoms with E-state index >= 15 is 0 Å². The number of guanidine groups is 1. The first-order valence-electron chi connectivity index (χ1n) is 8.57. The molecule has 0 radical (unpaired) electrons. The van der Waals surface area contributed by atoms with Crippen molar-refractivity contribution in [1.82, 2.24) is 15.5 Å². The largest absolute Gasteiger partial charge is 0.352 e. The van der Waals surface area contributed by atoms with E-state index < -0.39 is 0 Å². The van der Waals surface area contributed by atoms with Gasteiger partial charge in [0.1, 0.15) is 5.82 Å². The topological polar surface area (TPSA) is 56.7 Å². The number of carbonyl (C=O) groups excluding carboxylic acids is 1. The van der Waals surface area contributed by atoms with Gasteiger partial charge >= 0.3 is 0 Å². The molecule has 0 aliphatic heterocycles. The van der Waals surface area contributed by atoms with E-state index in [1.54, 1.807) is 25.2 Å². The van der Waals surface area contributed by atoms with Crippen molar-refractivity contribution in [3.05, 3.63) is 71.0 Å². The maximum absolute atomic E-state index is 13.0. The molecule has 2 N–H and O–H groups in total. The lowest BCUT2D eigenvalue weighted by molar-refractivity contribution is 0.0955. The number of nitrogens with zero attached hydrogens (tertiary/aromatic N) is 2. The highest BCUT2D eigenvalue weighted by molar-refractivity contribution is 14.0. The van der Waals surface area contributed by atoms with E-state index in [1.165, 1.54) is 12.1 Å². The molecule has 0 atom stereocenters. The number of benzene rings is 2. The summed E-state index contributed by atoms with van der Waals surface area (Å²) in [6.45, 7) is 3.65. The Labute approximate surface area is 177 Å². The first-order valence-corrected chi connectivity index (χ1v) is 8.57. The quantitative estimate of drug-likeness (QED) is 0.376. The molecular weight excluding hydrogens is 458 g/mol. The average molecular weight is 484 g/mol. The van der Waals surface area contributed by atoms with Gasteiger partial charge in [0.2, 0.25) is 0 Å². The summed E-state index contributed by atoms with van der Waals surface area (Å²) >= 11 is 0. The van der Waals surface area contributed by atoms with E-state index in [4.69, 9.17) is 0 Å². The van der Waals surface area contributed by atoms with Crippen molar-refractivity contribution in [2.24, 2.45) is 4.99 Å². The Morgan fingerprint density at radius 1 is 1.11 bits per heavy atom. The number of aliphatic imine (C=N–C) groups is 1. The van der Waals surface area contributed by atoms with Crippen LogP contribution in [0.25, 0.3) is 0 Å². The lowest BCUT2D eigenvalue weighted by Crippen LogP contribution is -2.38. The number of halogens is 2. The van der Waals surface area contributed by atoms with Crippen molar-refractivity contribution >= 4 is 35.8 Å². The van der Waals surface area contributed by atoms with Gasteiger partial charge in [-0.05, 0) is 42.3 Å². The van der Waals surface area contributed by atoms with Gasteiger partial charge in [0.25, 0.3) is 5.91 Å². The van der Waals surface area contributed by atoms with Crippen molar-refractivity contribution in [2.45, 2.75) is 20.0 Å². The van der Waals surface area contributed by atoms with Crippen LogP contribution in [0.4, 0.5) is 4.39 Å². The molecule has 0 heterocycles. The predicted molar refractivity (Wildman–Crippen MR) is 118 cm³/mol. The van der Waals surface area contributed by atoms with Gasteiger partial charge in [-0.1, -0.05) is 24.3 Å². The molecule has 2 aromatic rings. The fraction of sp³-hybridized carbons (Fsp3) is 0.300. The van der Waals surface area contributed by atoms with Crippen LogP contribution in [0.2, 0.25) is 0 Å². The zero-order chi connectivity index (χ0) is 18.9. The van der Waals surface area contributed by atoms with Crippen LogP contribution in [0.1, 0.15) is 28.4 Å². The molecule has 0 bridgehead atoms. The molecule has 1 amide bonds. The molecule has 0 unspecified atom stereocenters. The fourth-order valence-corrected chi connectivity index (χ4v) is 2.59. The average Bonchev–Trinajstić information content (AvgIpc) is 2.64. The summed E-state index contributed by atoms with van der Waals surface area (Å²) in [5.41, 5.74) is 2.63. The molecular formula is C20H26FIN4O. The predicted octanol–water partition coefficient (Wildman–Crippen LogP) is 3.40. The Morgan fingerprint density at radius 3 is 2.44 bits per heavy atom. The van der Waals surface area contributed by atoms with E-state index in [0.29, 0.717) is 25.2 Å². The highest BCUT2D eigenvalue weighted by atomic mass is 127. The van der Waals surface area contributed by atoms with Crippen LogP contribution in [0, 0.1) is 5.82 Å². The number of hydrogen-bond donors (Lipinski definition) is 2. The van der Waals surface area contributed by atoms with Gasteiger partial charge in [0, 0.05) is 39.3 Å². The minimum absolute atomic E-state index is 0. The molecule has 7 heteroatoms. The Bertz CT molecular complexity index is 765. The molecule has 0 saturated carbocycles. The van der Waals surface area contributed by atoms with Crippen LogP contribution in [-0.2, 0) is 13.1 Å². The third-order valence-electron chi connectivity index (χ3n) is 3.88. The van der Waals surface area contributed by atoms with Crippen molar-refractivity contribution in [2.75, 3.05) is 20.6 Å². The molecule has 0 aliphatic carbocycles. The normalized spacial score (nSPS) is 10.7. The third kappa shape index (κ3) is 7.16. The Hall–Kier alpha value is -2.16. The lowest BCUT2D eigenvalue weighted by Gasteiger charge is -2.22. The Kier molecular flexibility index (Phi) is 9.77. The zero-order valence-electron chi connectivity index (χ0n) is 15.8. The van der Waals surface area contributed by atoms with Gasteiger partial charge in [0.15, 0.2) is 5.96 Å². The fourth-order valence-electron chi connectivity index (χ4n) is 2.59. The molecule has 0 aliphatic rings. The highest BCUT2D eigenvalue weighted by Gasteiger charge is 2.08. The minimum atomic E-state index is -0.245. The number of carbonyl (C=O) groups is 1. The standard InChI is InChI=1S/C20H25FN4O.HI/c1-4-23-19(26)17-7-5-6-16(12-17)13-24-20(22-2)25(3)14-15-8-10-18(21)11-9-15;/h5-12H,4,13-14H2,1-3H3,(H,22,24)(H,23,26);1H. The summed E-state index contributed by atoms with van der Waals surface area (Å²) in [5, 5.41) is 6.08. The second kappa shape index (κ2) is 11.5. The summed E-state index contributed by atoms with van der Waals surface area (Å²) in [5.74, 6) is 0.399. The molecule has 0 saturated heterocycles. The Balaban J connectivity index is 0.00000364. The SMILES string of the molecule is CCNC(=O)c1cccc(CNC(=NC)N(C)Cc2ccc(F)cc2)c1.I. The second-order valence-corrected chi connectivity index (χ2v) is 5.94. The van der Waals surface area contributed by atoms with E-state index in [9.17, 15) is 9.18 Å². The van der Waals surface area contributed by atoms with Crippen molar-refractivity contribution in [3.63, 3.8) is 0 Å². The lowest BCUT2D eigenvalue weighted by atomic mass is 10.1. The van der Waals surface area contributed by atoms with Gasteiger partial charge in [-0.2, -0.15) is 0 Å². The number of amides is 1. The molecule has 2 rings (SSSR count). The van der Waals surface area contributed by atoms with Gasteiger partial charge in [-0.15, -0.1) is 24.0 Å². The van der Waals surface area contributed by atoms with Crippen LogP contribution in [0.5, 0.6) is 0 Å². The molecule has 146 valence electrons. The van der Waals surface area contributed by atoms with Gasteiger partial charge in [-0.25, -0.2) is 4.39 Å². The van der Waals surface area contributed by atoms with Crippen LogP contribution in [0.3, 0.4) is 0 Å². The van der Waals surface area contributed by atoms with Crippen molar-refractivity contribution < 1.29 is 9.18 Å². The smallest absolute Gasteiger partial charge is 0.251 e. The number of rotatable bonds is 6. The first kappa shape index (κ1) is 22.9. The minimum Gasteiger partial charge on any atom is -0.352 e. The van der Waals surface area contributed by atoms with E-state index in [-0.39, 0.29) is 35.7 Å². The maximum Gasteiger partial charge on any atom is 0.251 e. The van der Waals surface area contributed by atoms with Gasteiger partial charge < -0.3 is 15.5 Å². The summed E-state index contributed by atoms with van der Waals surface area (Å²) in [4.78, 5) is 18.2. The van der Waals surface area contributed by atoms with Crippen molar-refractivity contribution in [1.29, 1.82) is 0 Å². The molecule has 27 heavy (non-hydrogen) atoms. The van der Waals surface area contributed by atoms with Gasteiger partial charge in [-0.3, -0.25) is 9.79 Å². The first-order chi connectivity index (χ1) is 12.5. The maximum atomic E-state index is 13.0. The summed E-state index contributed by atoms with van der Waals surface area (Å²) in [6, 6.07) is 13.9. The molecule has 2 aromatic carbocycles. The zero-order valence-corrected chi connectivity index (χ0v) is 18.2. The monoisotopic (exact) mass is 484 g/mol. The highest BCUT2D eigenvalue weighted by Crippen LogP contribution is 2.08. The van der Waals surface area contributed by atoms with E-state index in [2.05, 4.69) is 15.6 Å². The molecule has 0 spiro atoms. The van der Waals surface area contributed by atoms with Crippen molar-refractivity contribution in [3.8, 4) is 0 Å². The Morgan fingerprint density at radius 2 is 1.81 bits per heavy atom. The third-order valence-corrected chi connectivity index (χ3v) is 3.88. The summed E-state index contributed by atoms with van der Waals surface area (Å²) in [7, 11) is 3.64. The van der Waals surface area contributed by atoms with Crippen LogP contribution in [0.15, 0.2) is 53.5 Å². The summed E-state index contributed by atoms with van der Waals surface area (Å²) < 4.78 is 13.0. The van der Waals surface area contributed by atoms with Crippen LogP contribution >= 0.6 is 24.0 Å². The van der Waals surface area contributed by atoms with E-state index in [1.807, 2.05) is 37.1 Å². The van der Waals surface area contributed by atoms with Gasteiger partial charge in [0.05, 0.1) is 0 Å². The number of nitrogens with one attached hydrogen (secondary N) is 2. The van der Waals surface area contributed by atoms with Crippen LogP contribution in [-0.4, -0.2) is 37.4 Å².